The lowest BCUT2D eigenvalue weighted by Gasteiger charge is -2.31. The predicted octanol–water partition coefficient (Wildman–Crippen LogP) is 3.08. The van der Waals surface area contributed by atoms with Crippen LogP contribution in [0.15, 0.2) is 24.3 Å². The van der Waals surface area contributed by atoms with Crippen LogP contribution in [0.25, 0.3) is 10.9 Å². The minimum absolute atomic E-state index is 0.0405. The van der Waals surface area contributed by atoms with E-state index in [-0.39, 0.29) is 11.9 Å². The number of nitrogens with zero attached hydrogens (tertiary/aromatic N) is 2. The number of rotatable bonds is 3. The van der Waals surface area contributed by atoms with E-state index in [1.165, 1.54) is 10.4 Å². The molecular formula is C15H18N2O2S. The van der Waals surface area contributed by atoms with Crippen molar-refractivity contribution < 1.29 is 9.53 Å². The molecule has 0 bridgehead atoms. The third-order valence-electron chi connectivity index (χ3n) is 3.77. The maximum absolute atomic E-state index is 11.8. The first kappa shape index (κ1) is 13.4. The number of fused-ring (bicyclic) bond motifs is 1. The van der Waals surface area contributed by atoms with Gasteiger partial charge in [0.15, 0.2) is 0 Å². The maximum atomic E-state index is 11.8. The van der Waals surface area contributed by atoms with Gasteiger partial charge in [-0.3, -0.25) is 4.79 Å². The van der Waals surface area contributed by atoms with Crippen molar-refractivity contribution in [2.75, 3.05) is 24.6 Å². The van der Waals surface area contributed by atoms with E-state index in [1.54, 1.807) is 11.5 Å². The molecule has 0 N–H and O–H groups in total. The first-order valence-electron chi connectivity index (χ1n) is 7.05. The minimum Gasteiger partial charge on any atom is -0.466 e. The fourth-order valence-electron chi connectivity index (χ4n) is 2.68. The van der Waals surface area contributed by atoms with Crippen LogP contribution in [0, 0.1) is 5.92 Å². The summed E-state index contributed by atoms with van der Waals surface area (Å²) in [6.07, 6.45) is 1.73. The summed E-state index contributed by atoms with van der Waals surface area (Å²) in [5.41, 5.74) is 1.06. The number of piperidine rings is 1. The smallest absolute Gasteiger partial charge is 0.309 e. The number of ether oxygens (including phenoxy) is 1. The second kappa shape index (κ2) is 5.79. The SMILES string of the molecule is CCOC(=O)C1CCN(c2snc3ccccc23)CC1. The van der Waals surface area contributed by atoms with Gasteiger partial charge in [-0.15, -0.1) is 0 Å². The van der Waals surface area contributed by atoms with E-state index in [9.17, 15) is 4.79 Å². The normalized spacial score (nSPS) is 16.6. The molecule has 5 heteroatoms. The van der Waals surface area contributed by atoms with E-state index < -0.39 is 0 Å². The molecule has 3 rings (SSSR count). The minimum atomic E-state index is -0.0405. The predicted molar refractivity (Wildman–Crippen MR) is 81.2 cm³/mol. The van der Waals surface area contributed by atoms with Gasteiger partial charge in [0, 0.05) is 18.5 Å². The lowest BCUT2D eigenvalue weighted by molar-refractivity contribution is -0.148. The zero-order valence-corrected chi connectivity index (χ0v) is 12.4. The highest BCUT2D eigenvalue weighted by molar-refractivity contribution is 7.11. The third kappa shape index (κ3) is 2.50. The van der Waals surface area contributed by atoms with Gasteiger partial charge in [0.25, 0.3) is 0 Å². The van der Waals surface area contributed by atoms with Crippen molar-refractivity contribution in [3.63, 3.8) is 0 Å². The average molecular weight is 290 g/mol. The molecule has 4 nitrogen and oxygen atoms in total. The number of esters is 1. The van der Waals surface area contributed by atoms with E-state index in [0.29, 0.717) is 6.61 Å². The summed E-state index contributed by atoms with van der Waals surface area (Å²) < 4.78 is 9.60. The Morgan fingerprint density at radius 2 is 2.15 bits per heavy atom. The van der Waals surface area contributed by atoms with Gasteiger partial charge in [-0.25, -0.2) is 0 Å². The van der Waals surface area contributed by atoms with Crippen LogP contribution < -0.4 is 4.90 Å². The first-order valence-corrected chi connectivity index (χ1v) is 7.83. The molecule has 0 atom stereocenters. The first-order chi connectivity index (χ1) is 9.79. The van der Waals surface area contributed by atoms with Gasteiger partial charge in [-0.05, 0) is 43.4 Å². The largest absolute Gasteiger partial charge is 0.466 e. The van der Waals surface area contributed by atoms with Crippen molar-refractivity contribution in [3.05, 3.63) is 24.3 Å². The van der Waals surface area contributed by atoms with Crippen LogP contribution >= 0.6 is 11.5 Å². The van der Waals surface area contributed by atoms with Gasteiger partial charge in [-0.2, -0.15) is 4.37 Å². The number of carbonyl (C=O) groups is 1. The summed E-state index contributed by atoms with van der Waals surface area (Å²) in [5, 5.41) is 2.44. The fraction of sp³-hybridized carbons (Fsp3) is 0.467. The van der Waals surface area contributed by atoms with E-state index in [0.717, 1.165) is 31.4 Å². The zero-order valence-electron chi connectivity index (χ0n) is 11.5. The number of benzene rings is 1. The molecule has 0 saturated carbocycles. The Morgan fingerprint density at radius 1 is 1.40 bits per heavy atom. The highest BCUT2D eigenvalue weighted by Gasteiger charge is 2.27. The second-order valence-electron chi connectivity index (χ2n) is 5.02. The second-order valence-corrected chi connectivity index (χ2v) is 5.77. The van der Waals surface area contributed by atoms with Crippen LogP contribution in [0.2, 0.25) is 0 Å². The molecule has 0 aliphatic carbocycles. The highest BCUT2D eigenvalue weighted by Crippen LogP contribution is 2.33. The number of carbonyl (C=O) groups excluding carboxylic acids is 1. The van der Waals surface area contributed by atoms with E-state index >= 15 is 0 Å². The van der Waals surface area contributed by atoms with Crippen molar-refractivity contribution in [1.29, 1.82) is 0 Å². The molecular weight excluding hydrogens is 272 g/mol. The Bertz CT molecular complexity index is 603. The number of anilines is 1. The molecule has 0 amide bonds. The monoisotopic (exact) mass is 290 g/mol. The molecule has 2 aromatic rings. The van der Waals surface area contributed by atoms with Crippen LogP contribution in [0.5, 0.6) is 0 Å². The van der Waals surface area contributed by atoms with Gasteiger partial charge in [-0.1, -0.05) is 12.1 Å². The molecule has 1 saturated heterocycles. The summed E-state index contributed by atoms with van der Waals surface area (Å²) in [6.45, 7) is 4.13. The van der Waals surface area contributed by atoms with Gasteiger partial charge >= 0.3 is 5.97 Å². The van der Waals surface area contributed by atoms with Crippen LogP contribution in [-0.4, -0.2) is 30.0 Å². The molecule has 20 heavy (non-hydrogen) atoms. The van der Waals surface area contributed by atoms with Gasteiger partial charge in [0.1, 0.15) is 5.00 Å². The molecule has 2 heterocycles. The zero-order chi connectivity index (χ0) is 13.9. The molecule has 1 aliphatic rings. The van der Waals surface area contributed by atoms with Crippen LogP contribution in [0.3, 0.4) is 0 Å². The topological polar surface area (TPSA) is 42.4 Å². The van der Waals surface area contributed by atoms with E-state index in [1.807, 2.05) is 25.1 Å². The molecule has 1 aromatic carbocycles. The average Bonchev–Trinajstić information content (AvgIpc) is 2.92. The van der Waals surface area contributed by atoms with Crippen LogP contribution in [0.1, 0.15) is 19.8 Å². The quantitative estimate of drug-likeness (QED) is 0.815. The van der Waals surface area contributed by atoms with Crippen molar-refractivity contribution in [2.24, 2.45) is 5.92 Å². The van der Waals surface area contributed by atoms with Crippen molar-refractivity contribution in [2.45, 2.75) is 19.8 Å². The molecule has 0 radical (unpaired) electrons. The number of hydrogen-bond acceptors (Lipinski definition) is 5. The highest BCUT2D eigenvalue weighted by atomic mass is 32.1. The fourth-order valence-corrected chi connectivity index (χ4v) is 3.60. The van der Waals surface area contributed by atoms with E-state index in [4.69, 9.17) is 4.74 Å². The lowest BCUT2D eigenvalue weighted by Crippen LogP contribution is -2.36. The van der Waals surface area contributed by atoms with Crippen molar-refractivity contribution in [1.82, 2.24) is 4.37 Å². The Balaban J connectivity index is 1.70. The van der Waals surface area contributed by atoms with E-state index in [2.05, 4.69) is 15.3 Å². The Hall–Kier alpha value is -1.62. The molecule has 106 valence electrons. The van der Waals surface area contributed by atoms with Gasteiger partial charge in [0.2, 0.25) is 0 Å². The summed E-state index contributed by atoms with van der Waals surface area (Å²) in [6, 6.07) is 8.22. The summed E-state index contributed by atoms with van der Waals surface area (Å²) in [7, 11) is 0. The lowest BCUT2D eigenvalue weighted by atomic mass is 9.97. The number of aromatic nitrogens is 1. The van der Waals surface area contributed by atoms with Crippen molar-refractivity contribution in [3.8, 4) is 0 Å². The maximum Gasteiger partial charge on any atom is 0.309 e. The molecule has 1 fully saturated rings. The molecule has 1 aliphatic heterocycles. The van der Waals surface area contributed by atoms with Gasteiger partial charge < -0.3 is 9.64 Å². The molecule has 1 aromatic heterocycles. The summed E-state index contributed by atoms with van der Waals surface area (Å²) in [4.78, 5) is 14.1. The Labute approximate surface area is 122 Å². The van der Waals surface area contributed by atoms with Crippen LogP contribution in [-0.2, 0) is 9.53 Å². The standard InChI is InChI=1S/C15H18N2O2S/c1-2-19-15(18)11-7-9-17(10-8-11)14-12-5-3-4-6-13(12)16-20-14/h3-6,11H,2,7-10H2,1H3. The summed E-state index contributed by atoms with van der Waals surface area (Å²) >= 11 is 1.55. The van der Waals surface area contributed by atoms with Gasteiger partial charge in [0.05, 0.1) is 18.0 Å². The molecule has 0 spiro atoms. The Morgan fingerprint density at radius 3 is 2.90 bits per heavy atom. The number of hydrogen-bond donors (Lipinski definition) is 0. The van der Waals surface area contributed by atoms with Crippen molar-refractivity contribution >= 4 is 33.4 Å². The third-order valence-corrected chi connectivity index (χ3v) is 4.71. The summed E-state index contributed by atoms with van der Waals surface area (Å²) in [5.74, 6) is 0.0201. The molecule has 0 unspecified atom stereocenters. The Kier molecular flexibility index (Phi) is 3.87. The van der Waals surface area contributed by atoms with Crippen LogP contribution in [0.4, 0.5) is 5.00 Å².